The van der Waals surface area contributed by atoms with Gasteiger partial charge in [0.1, 0.15) is 11.8 Å². The number of hydrogen-bond acceptors (Lipinski definition) is 2. The minimum Gasteiger partial charge on any atom is -0.346 e. The lowest BCUT2D eigenvalue weighted by Crippen LogP contribution is -2.41. The molecule has 0 spiro atoms. The van der Waals surface area contributed by atoms with Crippen LogP contribution in [-0.4, -0.2) is 23.6 Å². The molecule has 0 aliphatic carbocycles. The molecule has 0 aliphatic rings. The molecule has 2 N–H and O–H groups in total. The van der Waals surface area contributed by atoms with E-state index in [0.717, 1.165) is 11.1 Å². The lowest BCUT2D eigenvalue weighted by molar-refractivity contribution is -0.122. The zero-order chi connectivity index (χ0) is 17.4. The standard InChI is InChI=1S/C18H18Cl2N2O2/c19-11-15(23)21-17(13-7-3-1-4-8-13)18(22-16(24)12-20)14-9-5-2-6-10-14/h1-10,17-18H,11-12H2,(H,21,23)(H,22,24)/t17-,18-/m1/s1. The minimum absolute atomic E-state index is 0.158. The average Bonchev–Trinajstić information content (AvgIpc) is 2.65. The molecule has 4 nitrogen and oxygen atoms in total. The van der Waals surface area contributed by atoms with Gasteiger partial charge in [0, 0.05) is 0 Å². The van der Waals surface area contributed by atoms with E-state index in [1.807, 2.05) is 60.7 Å². The van der Waals surface area contributed by atoms with Gasteiger partial charge in [0.25, 0.3) is 0 Å². The van der Waals surface area contributed by atoms with Crippen LogP contribution in [0.15, 0.2) is 60.7 Å². The highest BCUT2D eigenvalue weighted by atomic mass is 35.5. The van der Waals surface area contributed by atoms with E-state index < -0.39 is 12.1 Å². The summed E-state index contributed by atoms with van der Waals surface area (Å²) in [5.74, 6) is -0.944. The van der Waals surface area contributed by atoms with Gasteiger partial charge < -0.3 is 10.6 Å². The molecular weight excluding hydrogens is 347 g/mol. The predicted molar refractivity (Wildman–Crippen MR) is 96.1 cm³/mol. The summed E-state index contributed by atoms with van der Waals surface area (Å²) in [4.78, 5) is 23.8. The van der Waals surface area contributed by atoms with Gasteiger partial charge in [-0.05, 0) is 11.1 Å². The molecule has 126 valence electrons. The number of nitrogens with one attached hydrogen (secondary N) is 2. The minimum atomic E-state index is -0.466. The fourth-order valence-electron chi connectivity index (χ4n) is 2.46. The van der Waals surface area contributed by atoms with Crippen molar-refractivity contribution in [2.75, 3.05) is 11.8 Å². The Balaban J connectivity index is 2.42. The molecule has 0 saturated carbocycles. The van der Waals surface area contributed by atoms with Crippen molar-refractivity contribution in [3.05, 3.63) is 71.8 Å². The number of amides is 2. The Morgan fingerprint density at radius 1 is 0.708 bits per heavy atom. The van der Waals surface area contributed by atoms with E-state index in [9.17, 15) is 9.59 Å². The number of halogens is 2. The first-order chi connectivity index (χ1) is 11.7. The van der Waals surface area contributed by atoms with Crippen molar-refractivity contribution < 1.29 is 9.59 Å². The molecule has 6 heteroatoms. The van der Waals surface area contributed by atoms with E-state index >= 15 is 0 Å². The smallest absolute Gasteiger partial charge is 0.235 e. The summed E-state index contributed by atoms with van der Waals surface area (Å²) < 4.78 is 0. The maximum atomic E-state index is 11.9. The molecule has 0 saturated heterocycles. The summed E-state index contributed by atoms with van der Waals surface area (Å²) in [6, 6.07) is 17.9. The summed E-state index contributed by atoms with van der Waals surface area (Å²) in [6.45, 7) is 0. The molecule has 2 atom stereocenters. The van der Waals surface area contributed by atoms with E-state index in [-0.39, 0.29) is 23.6 Å². The second-order valence-electron chi connectivity index (χ2n) is 5.18. The van der Waals surface area contributed by atoms with Crippen LogP contribution in [0.5, 0.6) is 0 Å². The van der Waals surface area contributed by atoms with Crippen LogP contribution in [0, 0.1) is 0 Å². The van der Waals surface area contributed by atoms with Gasteiger partial charge in [0.15, 0.2) is 0 Å². The maximum Gasteiger partial charge on any atom is 0.235 e. The van der Waals surface area contributed by atoms with E-state index in [0.29, 0.717) is 0 Å². The number of benzene rings is 2. The first-order valence-corrected chi connectivity index (χ1v) is 8.53. The summed E-state index contributed by atoms with van der Waals surface area (Å²) in [6.07, 6.45) is 0. The molecule has 0 fully saturated rings. The first kappa shape index (κ1) is 18.3. The van der Waals surface area contributed by atoms with Gasteiger partial charge in [-0.15, -0.1) is 23.2 Å². The van der Waals surface area contributed by atoms with Gasteiger partial charge in [0.05, 0.1) is 12.1 Å². The van der Waals surface area contributed by atoms with Crippen LogP contribution < -0.4 is 10.6 Å². The Hall–Kier alpha value is -2.04. The Kier molecular flexibility index (Phi) is 7.09. The molecule has 2 aromatic rings. The molecule has 2 amide bonds. The summed E-state index contributed by atoms with van der Waals surface area (Å²) in [7, 11) is 0. The summed E-state index contributed by atoms with van der Waals surface area (Å²) >= 11 is 11.3. The van der Waals surface area contributed by atoms with E-state index in [1.165, 1.54) is 0 Å². The fraction of sp³-hybridized carbons (Fsp3) is 0.222. The molecule has 0 heterocycles. The van der Waals surface area contributed by atoms with Crippen LogP contribution in [0.2, 0.25) is 0 Å². The van der Waals surface area contributed by atoms with E-state index in [4.69, 9.17) is 23.2 Å². The third kappa shape index (κ3) is 4.98. The highest BCUT2D eigenvalue weighted by Gasteiger charge is 2.27. The largest absolute Gasteiger partial charge is 0.346 e. The van der Waals surface area contributed by atoms with E-state index in [2.05, 4.69) is 10.6 Å². The van der Waals surface area contributed by atoms with Gasteiger partial charge in [0.2, 0.25) is 11.8 Å². The van der Waals surface area contributed by atoms with Gasteiger partial charge in [-0.3, -0.25) is 9.59 Å². The van der Waals surface area contributed by atoms with Crippen LogP contribution in [-0.2, 0) is 9.59 Å². The zero-order valence-corrected chi connectivity index (χ0v) is 14.4. The van der Waals surface area contributed by atoms with Gasteiger partial charge in [-0.1, -0.05) is 60.7 Å². The molecule has 0 unspecified atom stereocenters. The fourth-order valence-corrected chi connectivity index (χ4v) is 2.62. The van der Waals surface area contributed by atoms with Gasteiger partial charge in [-0.25, -0.2) is 0 Å². The van der Waals surface area contributed by atoms with Gasteiger partial charge >= 0.3 is 0 Å². The van der Waals surface area contributed by atoms with Crippen molar-refractivity contribution in [3.63, 3.8) is 0 Å². The Labute approximate surface area is 151 Å². The highest BCUT2D eigenvalue weighted by Crippen LogP contribution is 2.29. The van der Waals surface area contributed by atoms with Crippen LogP contribution in [0.3, 0.4) is 0 Å². The van der Waals surface area contributed by atoms with Crippen molar-refractivity contribution in [1.82, 2.24) is 10.6 Å². The van der Waals surface area contributed by atoms with Crippen molar-refractivity contribution in [1.29, 1.82) is 0 Å². The molecule has 2 rings (SSSR count). The molecule has 0 aromatic heterocycles. The number of alkyl halides is 2. The van der Waals surface area contributed by atoms with Crippen molar-refractivity contribution >= 4 is 35.0 Å². The van der Waals surface area contributed by atoms with Crippen LogP contribution >= 0.6 is 23.2 Å². The molecule has 0 aliphatic heterocycles. The highest BCUT2D eigenvalue weighted by molar-refractivity contribution is 6.27. The topological polar surface area (TPSA) is 58.2 Å². The molecule has 24 heavy (non-hydrogen) atoms. The van der Waals surface area contributed by atoms with Gasteiger partial charge in [-0.2, -0.15) is 0 Å². The zero-order valence-electron chi connectivity index (χ0n) is 12.9. The molecule has 0 radical (unpaired) electrons. The number of hydrogen-bond donors (Lipinski definition) is 2. The van der Waals surface area contributed by atoms with Crippen LogP contribution in [0.25, 0.3) is 0 Å². The summed E-state index contributed by atoms with van der Waals surface area (Å²) in [5, 5.41) is 5.76. The lowest BCUT2D eigenvalue weighted by atomic mass is 9.93. The van der Waals surface area contributed by atoms with Crippen LogP contribution in [0.4, 0.5) is 0 Å². The number of carbonyl (C=O) groups is 2. The maximum absolute atomic E-state index is 11.9. The quantitative estimate of drug-likeness (QED) is 0.741. The molecule has 2 aromatic carbocycles. The molecular formula is C18H18Cl2N2O2. The number of rotatable bonds is 7. The Morgan fingerprint density at radius 2 is 1.04 bits per heavy atom. The van der Waals surface area contributed by atoms with Crippen molar-refractivity contribution in [2.24, 2.45) is 0 Å². The average molecular weight is 365 g/mol. The normalized spacial score (nSPS) is 12.9. The second kappa shape index (κ2) is 9.30. The number of carbonyl (C=O) groups excluding carboxylic acids is 2. The first-order valence-electron chi connectivity index (χ1n) is 7.46. The Morgan fingerprint density at radius 3 is 1.33 bits per heavy atom. The second-order valence-corrected chi connectivity index (χ2v) is 5.71. The van der Waals surface area contributed by atoms with Crippen LogP contribution in [0.1, 0.15) is 23.2 Å². The molecule has 0 bridgehead atoms. The van der Waals surface area contributed by atoms with Crippen molar-refractivity contribution in [2.45, 2.75) is 12.1 Å². The predicted octanol–water partition coefficient (Wildman–Crippen LogP) is 3.18. The lowest BCUT2D eigenvalue weighted by Gasteiger charge is -2.29. The third-order valence-electron chi connectivity index (χ3n) is 3.53. The Bertz CT molecular complexity index is 606. The summed E-state index contributed by atoms with van der Waals surface area (Å²) in [5.41, 5.74) is 1.72. The third-order valence-corrected chi connectivity index (χ3v) is 4.01. The van der Waals surface area contributed by atoms with E-state index in [1.54, 1.807) is 0 Å². The monoisotopic (exact) mass is 364 g/mol. The van der Waals surface area contributed by atoms with Crippen molar-refractivity contribution in [3.8, 4) is 0 Å². The SMILES string of the molecule is O=C(CCl)N[C@H](c1ccccc1)[C@H](NC(=O)CCl)c1ccccc1.